The number of hydrogen-bond acceptors (Lipinski definition) is 3. The van der Waals surface area contributed by atoms with Gasteiger partial charge in [0.25, 0.3) is 0 Å². The zero-order chi connectivity index (χ0) is 16.8. The summed E-state index contributed by atoms with van der Waals surface area (Å²) in [6, 6.07) is 8.13. The van der Waals surface area contributed by atoms with Gasteiger partial charge in [-0.25, -0.2) is 9.78 Å². The van der Waals surface area contributed by atoms with Gasteiger partial charge in [0.15, 0.2) is 0 Å². The number of aromatic amines is 1. The third kappa shape index (κ3) is 4.47. The number of aryl methyl sites for hydroxylation is 1. The van der Waals surface area contributed by atoms with E-state index in [-0.39, 0.29) is 18.7 Å². The Hall–Kier alpha value is -2.08. The third-order valence-corrected chi connectivity index (χ3v) is 4.75. The Kier molecular flexibility index (Phi) is 5.69. The van der Waals surface area contributed by atoms with E-state index in [1.54, 1.807) is 0 Å². The molecular formula is C18H26N4O2. The molecule has 2 aromatic rings. The summed E-state index contributed by atoms with van der Waals surface area (Å²) in [4.78, 5) is 19.8. The van der Waals surface area contributed by atoms with Gasteiger partial charge in [0.2, 0.25) is 0 Å². The van der Waals surface area contributed by atoms with Crippen molar-refractivity contribution in [3.63, 3.8) is 0 Å². The lowest BCUT2D eigenvalue weighted by atomic mass is 9.87. The molecule has 1 aromatic carbocycles. The number of carbonyl (C=O) groups is 1. The SMILES string of the molecule is O=C(NCCCc1nc2ccccc2[nH]1)NC1CCC(CO)CC1. The molecule has 0 saturated heterocycles. The fourth-order valence-corrected chi connectivity index (χ4v) is 3.31. The van der Waals surface area contributed by atoms with Crippen LogP contribution in [0.25, 0.3) is 11.0 Å². The van der Waals surface area contributed by atoms with Gasteiger partial charge in [0, 0.05) is 25.6 Å². The van der Waals surface area contributed by atoms with Gasteiger partial charge in [-0.15, -0.1) is 0 Å². The number of carbonyl (C=O) groups excluding carboxylic acids is 1. The molecule has 0 aliphatic heterocycles. The van der Waals surface area contributed by atoms with E-state index >= 15 is 0 Å². The monoisotopic (exact) mass is 330 g/mol. The van der Waals surface area contributed by atoms with Crippen LogP contribution in [0.3, 0.4) is 0 Å². The molecule has 1 saturated carbocycles. The van der Waals surface area contributed by atoms with Crippen LogP contribution >= 0.6 is 0 Å². The van der Waals surface area contributed by atoms with Gasteiger partial charge in [-0.3, -0.25) is 0 Å². The van der Waals surface area contributed by atoms with Gasteiger partial charge >= 0.3 is 6.03 Å². The van der Waals surface area contributed by atoms with Gasteiger partial charge in [-0.1, -0.05) is 12.1 Å². The molecule has 1 heterocycles. The second-order valence-electron chi connectivity index (χ2n) is 6.60. The lowest BCUT2D eigenvalue weighted by Gasteiger charge is -2.27. The molecule has 2 amide bonds. The summed E-state index contributed by atoms with van der Waals surface area (Å²) in [7, 11) is 0. The minimum absolute atomic E-state index is 0.0907. The Labute approximate surface area is 142 Å². The molecule has 0 unspecified atom stereocenters. The highest BCUT2D eigenvalue weighted by molar-refractivity contribution is 5.75. The Morgan fingerprint density at radius 2 is 2.04 bits per heavy atom. The predicted molar refractivity (Wildman–Crippen MR) is 93.8 cm³/mol. The number of hydrogen-bond donors (Lipinski definition) is 4. The second kappa shape index (κ2) is 8.15. The summed E-state index contributed by atoms with van der Waals surface area (Å²) in [6.07, 6.45) is 5.57. The maximum atomic E-state index is 11.9. The van der Waals surface area contributed by atoms with Gasteiger partial charge in [0.1, 0.15) is 5.82 Å². The van der Waals surface area contributed by atoms with Crippen LogP contribution in [-0.4, -0.2) is 40.3 Å². The lowest BCUT2D eigenvalue weighted by molar-refractivity contribution is 0.174. The quantitative estimate of drug-likeness (QED) is 0.613. The summed E-state index contributed by atoms with van der Waals surface area (Å²) in [5.74, 6) is 1.37. The minimum atomic E-state index is -0.0907. The van der Waals surface area contributed by atoms with Crippen LogP contribution in [-0.2, 0) is 6.42 Å². The number of benzene rings is 1. The summed E-state index contributed by atoms with van der Waals surface area (Å²) in [6.45, 7) is 0.898. The van der Waals surface area contributed by atoms with Crippen molar-refractivity contribution in [1.82, 2.24) is 20.6 Å². The van der Waals surface area contributed by atoms with Gasteiger partial charge in [0.05, 0.1) is 11.0 Å². The Bertz CT molecular complexity index is 629. The van der Waals surface area contributed by atoms with Crippen LogP contribution in [0, 0.1) is 5.92 Å². The van der Waals surface area contributed by atoms with Crippen molar-refractivity contribution >= 4 is 17.1 Å². The molecule has 1 aromatic heterocycles. The zero-order valence-corrected chi connectivity index (χ0v) is 13.9. The number of aromatic nitrogens is 2. The topological polar surface area (TPSA) is 90.0 Å². The van der Waals surface area contributed by atoms with E-state index < -0.39 is 0 Å². The third-order valence-electron chi connectivity index (χ3n) is 4.75. The van der Waals surface area contributed by atoms with E-state index in [0.29, 0.717) is 12.5 Å². The number of aliphatic hydroxyl groups is 1. The van der Waals surface area contributed by atoms with Crippen molar-refractivity contribution in [2.24, 2.45) is 5.92 Å². The number of nitrogens with one attached hydrogen (secondary N) is 3. The molecule has 130 valence electrons. The molecular weight excluding hydrogens is 304 g/mol. The van der Waals surface area contributed by atoms with Crippen LogP contribution in [0.4, 0.5) is 4.79 Å². The predicted octanol–water partition coefficient (Wildman–Crippen LogP) is 2.35. The summed E-state index contributed by atoms with van der Waals surface area (Å²) >= 11 is 0. The Morgan fingerprint density at radius 1 is 1.25 bits per heavy atom. The minimum Gasteiger partial charge on any atom is -0.396 e. The van der Waals surface area contributed by atoms with Crippen molar-refractivity contribution in [2.45, 2.75) is 44.6 Å². The molecule has 24 heavy (non-hydrogen) atoms. The molecule has 1 aliphatic rings. The van der Waals surface area contributed by atoms with Gasteiger partial charge < -0.3 is 20.7 Å². The number of H-pyrrole nitrogens is 1. The molecule has 3 rings (SSSR count). The number of aliphatic hydroxyl groups excluding tert-OH is 1. The Balaban J connectivity index is 1.33. The maximum absolute atomic E-state index is 11.9. The first-order valence-corrected chi connectivity index (χ1v) is 8.83. The number of fused-ring (bicyclic) bond motifs is 1. The molecule has 6 nitrogen and oxygen atoms in total. The van der Waals surface area contributed by atoms with Crippen LogP contribution < -0.4 is 10.6 Å². The number of urea groups is 1. The first-order valence-electron chi connectivity index (χ1n) is 8.83. The second-order valence-corrected chi connectivity index (χ2v) is 6.60. The van der Waals surface area contributed by atoms with Crippen molar-refractivity contribution in [3.05, 3.63) is 30.1 Å². The van der Waals surface area contributed by atoms with Crippen LogP contribution in [0.5, 0.6) is 0 Å². The van der Waals surface area contributed by atoms with E-state index in [4.69, 9.17) is 5.11 Å². The Morgan fingerprint density at radius 3 is 2.79 bits per heavy atom. The first kappa shape index (κ1) is 16.8. The van der Waals surface area contributed by atoms with E-state index in [1.807, 2.05) is 24.3 Å². The van der Waals surface area contributed by atoms with Crippen LogP contribution in [0.1, 0.15) is 37.9 Å². The normalized spacial score (nSPS) is 20.9. The number of imidazole rings is 1. The van der Waals surface area contributed by atoms with Crippen LogP contribution in [0.15, 0.2) is 24.3 Å². The number of nitrogens with zero attached hydrogens (tertiary/aromatic N) is 1. The molecule has 1 aliphatic carbocycles. The zero-order valence-electron chi connectivity index (χ0n) is 13.9. The smallest absolute Gasteiger partial charge is 0.315 e. The highest BCUT2D eigenvalue weighted by atomic mass is 16.3. The number of para-hydroxylation sites is 2. The standard InChI is InChI=1S/C18H26N4O2/c23-12-13-7-9-14(10-8-13)20-18(24)19-11-3-6-17-21-15-4-1-2-5-16(15)22-17/h1-2,4-5,13-14,23H,3,6-12H2,(H,21,22)(H2,19,20,24). The average molecular weight is 330 g/mol. The van der Waals surface area contributed by atoms with Crippen molar-refractivity contribution in [3.8, 4) is 0 Å². The highest BCUT2D eigenvalue weighted by Crippen LogP contribution is 2.23. The van der Waals surface area contributed by atoms with E-state index in [2.05, 4.69) is 20.6 Å². The molecule has 1 fully saturated rings. The van der Waals surface area contributed by atoms with E-state index in [0.717, 1.165) is 55.4 Å². The number of amides is 2. The van der Waals surface area contributed by atoms with E-state index in [9.17, 15) is 4.79 Å². The summed E-state index contributed by atoms with van der Waals surface area (Å²) in [5, 5.41) is 15.1. The molecule has 0 atom stereocenters. The average Bonchev–Trinajstić information content (AvgIpc) is 3.02. The van der Waals surface area contributed by atoms with Gasteiger partial charge in [-0.2, -0.15) is 0 Å². The molecule has 4 N–H and O–H groups in total. The van der Waals surface area contributed by atoms with E-state index in [1.165, 1.54) is 0 Å². The van der Waals surface area contributed by atoms with Gasteiger partial charge in [-0.05, 0) is 50.2 Å². The molecule has 0 bridgehead atoms. The van der Waals surface area contributed by atoms with Crippen molar-refractivity contribution in [2.75, 3.05) is 13.2 Å². The summed E-state index contributed by atoms with van der Waals surface area (Å²) in [5.41, 5.74) is 2.04. The molecule has 0 radical (unpaired) electrons. The fourth-order valence-electron chi connectivity index (χ4n) is 3.31. The fraction of sp³-hybridized carbons (Fsp3) is 0.556. The van der Waals surface area contributed by atoms with Crippen LogP contribution in [0.2, 0.25) is 0 Å². The molecule has 0 spiro atoms. The molecule has 6 heteroatoms. The highest BCUT2D eigenvalue weighted by Gasteiger charge is 2.21. The number of rotatable bonds is 6. The summed E-state index contributed by atoms with van der Waals surface area (Å²) < 4.78 is 0. The first-order chi connectivity index (χ1) is 11.7. The van der Waals surface area contributed by atoms with Crippen molar-refractivity contribution < 1.29 is 9.90 Å². The largest absolute Gasteiger partial charge is 0.396 e. The lowest BCUT2D eigenvalue weighted by Crippen LogP contribution is -2.44. The maximum Gasteiger partial charge on any atom is 0.315 e. The van der Waals surface area contributed by atoms with Crippen molar-refractivity contribution in [1.29, 1.82) is 0 Å².